The van der Waals surface area contributed by atoms with Gasteiger partial charge >= 0.3 is 0 Å². The molecule has 2 rings (SSSR count). The molecular formula is C21H28N4OS. The van der Waals surface area contributed by atoms with Crippen LogP contribution in [0.4, 0.5) is 0 Å². The Balaban J connectivity index is 2.00. The van der Waals surface area contributed by atoms with Crippen molar-refractivity contribution in [3.63, 3.8) is 0 Å². The number of thioether (sulfide) groups is 1. The highest BCUT2D eigenvalue weighted by atomic mass is 32.2. The van der Waals surface area contributed by atoms with Crippen LogP contribution in [0.5, 0.6) is 5.75 Å². The van der Waals surface area contributed by atoms with E-state index >= 15 is 0 Å². The highest BCUT2D eigenvalue weighted by molar-refractivity contribution is 8.13. The smallest absolute Gasteiger partial charge is 0.180 e. The van der Waals surface area contributed by atoms with E-state index < -0.39 is 0 Å². The lowest BCUT2D eigenvalue weighted by atomic mass is 10.1. The number of amidine groups is 1. The van der Waals surface area contributed by atoms with Crippen molar-refractivity contribution in [3.05, 3.63) is 65.2 Å². The number of benzene rings is 2. The Morgan fingerprint density at radius 1 is 1.15 bits per heavy atom. The van der Waals surface area contributed by atoms with Crippen LogP contribution in [-0.4, -0.2) is 36.5 Å². The molecule has 0 spiro atoms. The van der Waals surface area contributed by atoms with Gasteiger partial charge in [0.1, 0.15) is 5.75 Å². The van der Waals surface area contributed by atoms with Crippen molar-refractivity contribution in [1.82, 2.24) is 4.90 Å². The molecule has 0 unspecified atom stereocenters. The van der Waals surface area contributed by atoms with Crippen LogP contribution < -0.4 is 10.5 Å². The van der Waals surface area contributed by atoms with Crippen LogP contribution in [0, 0.1) is 0 Å². The molecule has 6 heteroatoms. The van der Waals surface area contributed by atoms with E-state index in [1.54, 1.807) is 13.3 Å². The second-order valence-corrected chi connectivity index (χ2v) is 6.99. The van der Waals surface area contributed by atoms with Gasteiger partial charge in [0.25, 0.3) is 0 Å². The number of methoxy groups -OCH3 is 1. The largest absolute Gasteiger partial charge is 0.496 e. The van der Waals surface area contributed by atoms with Crippen molar-refractivity contribution in [2.45, 2.75) is 26.1 Å². The minimum atomic E-state index is 0.451. The van der Waals surface area contributed by atoms with Gasteiger partial charge < -0.3 is 10.5 Å². The van der Waals surface area contributed by atoms with Crippen molar-refractivity contribution in [1.29, 1.82) is 0 Å². The third-order valence-electron chi connectivity index (χ3n) is 4.19. The van der Waals surface area contributed by atoms with E-state index in [2.05, 4.69) is 47.1 Å². The summed E-state index contributed by atoms with van der Waals surface area (Å²) in [6.07, 6.45) is 1.72. The lowest BCUT2D eigenvalue weighted by Crippen LogP contribution is -2.22. The van der Waals surface area contributed by atoms with Gasteiger partial charge in [0.15, 0.2) is 5.17 Å². The van der Waals surface area contributed by atoms with E-state index in [9.17, 15) is 0 Å². The Bertz CT molecular complexity index is 758. The summed E-state index contributed by atoms with van der Waals surface area (Å²) in [5.74, 6) is 1.67. The second-order valence-electron chi connectivity index (χ2n) is 5.99. The molecule has 0 amide bonds. The number of rotatable bonds is 9. The molecule has 0 aliphatic heterocycles. The van der Waals surface area contributed by atoms with Crippen LogP contribution in [0.15, 0.2) is 58.7 Å². The quantitative estimate of drug-likeness (QED) is 0.401. The molecule has 2 aromatic carbocycles. The maximum atomic E-state index is 5.94. The number of hydrogen-bond donors (Lipinski definition) is 1. The summed E-state index contributed by atoms with van der Waals surface area (Å²) < 4.78 is 5.48. The summed E-state index contributed by atoms with van der Waals surface area (Å²) in [7, 11) is 1.70. The summed E-state index contributed by atoms with van der Waals surface area (Å²) in [5, 5.41) is 8.67. The highest BCUT2D eigenvalue weighted by Gasteiger charge is 2.08. The molecule has 5 nitrogen and oxygen atoms in total. The molecule has 0 saturated carbocycles. The molecule has 0 aliphatic carbocycles. The number of hydrogen-bond acceptors (Lipinski definition) is 5. The zero-order valence-electron chi connectivity index (χ0n) is 16.3. The van der Waals surface area contributed by atoms with E-state index in [1.165, 1.54) is 17.3 Å². The van der Waals surface area contributed by atoms with Crippen molar-refractivity contribution in [2.24, 2.45) is 15.9 Å². The summed E-state index contributed by atoms with van der Waals surface area (Å²) in [4.78, 5) is 2.34. The third-order valence-corrected chi connectivity index (χ3v) is 5.04. The minimum Gasteiger partial charge on any atom is -0.496 e. The lowest BCUT2D eigenvalue weighted by Gasteiger charge is -2.19. The van der Waals surface area contributed by atoms with E-state index in [0.717, 1.165) is 42.3 Å². The van der Waals surface area contributed by atoms with Gasteiger partial charge in [-0.15, -0.1) is 5.10 Å². The second kappa shape index (κ2) is 11.4. The summed E-state index contributed by atoms with van der Waals surface area (Å²) in [6, 6.07) is 16.2. The maximum Gasteiger partial charge on any atom is 0.180 e. The average molecular weight is 385 g/mol. The lowest BCUT2D eigenvalue weighted by molar-refractivity contribution is 0.289. The molecule has 2 N–H and O–H groups in total. The Labute approximate surface area is 166 Å². The van der Waals surface area contributed by atoms with Crippen LogP contribution in [0.3, 0.4) is 0 Å². The first kappa shape index (κ1) is 21.0. The first-order valence-corrected chi connectivity index (χ1v) is 10.1. The fourth-order valence-corrected chi connectivity index (χ4v) is 3.22. The van der Waals surface area contributed by atoms with Gasteiger partial charge in [0.05, 0.1) is 13.3 Å². The molecule has 0 saturated heterocycles. The van der Waals surface area contributed by atoms with Crippen molar-refractivity contribution in [2.75, 3.05) is 20.2 Å². The summed E-state index contributed by atoms with van der Waals surface area (Å²) in [5.41, 5.74) is 9.26. The standard InChI is InChI=1S/C21H28N4OS/c1-4-25(5-2)15-19-13-18(11-12-20(19)26-3)14-23-24-21(22)27-16-17-9-7-6-8-10-17/h6-14H,4-5,15-16H2,1-3H3,(H2,22,24). The highest BCUT2D eigenvalue weighted by Crippen LogP contribution is 2.21. The average Bonchev–Trinajstić information content (AvgIpc) is 2.71. The van der Waals surface area contributed by atoms with Gasteiger partial charge in [-0.05, 0) is 42.4 Å². The first-order valence-electron chi connectivity index (χ1n) is 9.08. The van der Waals surface area contributed by atoms with Gasteiger partial charge in [-0.2, -0.15) is 5.10 Å². The van der Waals surface area contributed by atoms with E-state index in [4.69, 9.17) is 10.5 Å². The van der Waals surface area contributed by atoms with Crippen molar-refractivity contribution >= 4 is 23.1 Å². The monoisotopic (exact) mass is 384 g/mol. The fourth-order valence-electron chi connectivity index (χ4n) is 2.60. The van der Waals surface area contributed by atoms with Crippen molar-refractivity contribution in [3.8, 4) is 5.75 Å². The first-order chi connectivity index (χ1) is 13.2. The Morgan fingerprint density at radius 2 is 1.89 bits per heavy atom. The SMILES string of the molecule is CCN(CC)Cc1cc(C=NN=C(N)SCc2ccccc2)ccc1OC. The van der Waals surface area contributed by atoms with Crippen molar-refractivity contribution < 1.29 is 4.74 Å². The van der Waals surface area contributed by atoms with Gasteiger partial charge in [-0.1, -0.05) is 55.9 Å². The van der Waals surface area contributed by atoms with Crippen LogP contribution >= 0.6 is 11.8 Å². The molecule has 0 heterocycles. The number of ether oxygens (including phenoxy) is 1. The molecule has 0 bridgehead atoms. The van der Waals surface area contributed by atoms with E-state index in [1.807, 2.05) is 30.3 Å². The molecule has 0 radical (unpaired) electrons. The van der Waals surface area contributed by atoms with Crippen LogP contribution in [0.1, 0.15) is 30.5 Å². The normalized spacial score (nSPS) is 12.1. The summed E-state index contributed by atoms with van der Waals surface area (Å²) >= 11 is 1.48. The minimum absolute atomic E-state index is 0.451. The molecular weight excluding hydrogens is 356 g/mol. The van der Waals surface area contributed by atoms with Gasteiger partial charge in [-0.25, -0.2) is 0 Å². The Hall–Kier alpha value is -2.31. The van der Waals surface area contributed by atoms with Crippen LogP contribution in [-0.2, 0) is 12.3 Å². The topological polar surface area (TPSA) is 63.2 Å². The predicted octanol–water partition coefficient (Wildman–Crippen LogP) is 4.12. The fraction of sp³-hybridized carbons (Fsp3) is 0.333. The van der Waals surface area contributed by atoms with Gasteiger partial charge in [-0.3, -0.25) is 4.90 Å². The molecule has 2 aromatic rings. The van der Waals surface area contributed by atoms with E-state index in [0.29, 0.717) is 5.17 Å². The molecule has 0 aromatic heterocycles. The van der Waals surface area contributed by atoms with Crippen LogP contribution in [0.25, 0.3) is 0 Å². The Morgan fingerprint density at radius 3 is 2.56 bits per heavy atom. The zero-order chi connectivity index (χ0) is 19.5. The Kier molecular flexibility index (Phi) is 8.87. The molecule has 0 fully saturated rings. The van der Waals surface area contributed by atoms with Crippen LogP contribution in [0.2, 0.25) is 0 Å². The number of nitrogens with two attached hydrogens (primary N) is 1. The third kappa shape index (κ3) is 7.07. The van der Waals surface area contributed by atoms with Gasteiger partial charge in [0, 0.05) is 17.9 Å². The summed E-state index contributed by atoms with van der Waals surface area (Å²) in [6.45, 7) is 7.16. The number of nitrogens with zero attached hydrogens (tertiary/aromatic N) is 3. The molecule has 0 aliphatic rings. The van der Waals surface area contributed by atoms with Gasteiger partial charge in [0.2, 0.25) is 0 Å². The van der Waals surface area contributed by atoms with E-state index in [-0.39, 0.29) is 0 Å². The maximum absolute atomic E-state index is 5.94. The predicted molar refractivity (Wildman–Crippen MR) is 117 cm³/mol. The molecule has 27 heavy (non-hydrogen) atoms. The molecule has 0 atom stereocenters. The molecule has 144 valence electrons. The zero-order valence-corrected chi connectivity index (χ0v) is 17.1.